The summed E-state index contributed by atoms with van der Waals surface area (Å²) in [5.41, 5.74) is 5.23. The number of fused-ring (bicyclic) bond motifs is 2. The maximum Gasteiger partial charge on any atom is 0.118 e. The normalized spacial score (nSPS) is 20.9. The van der Waals surface area contributed by atoms with Crippen molar-refractivity contribution < 1.29 is 4.74 Å². The molecule has 148 valence electrons. The fraction of sp³-hybridized carbons (Fsp3) is 0.333. The van der Waals surface area contributed by atoms with E-state index in [0.29, 0.717) is 0 Å². The van der Waals surface area contributed by atoms with Crippen LogP contribution in [-0.2, 0) is 18.5 Å². The maximum absolute atomic E-state index is 5.28. The SMILES string of the molecule is COc1ccc(CN2CC[C@]3(C2)CN(Cc2cccnc2)c2cccnc23)cc1. The number of likely N-dealkylation sites (tertiary alicyclic amines) is 1. The van der Waals surface area contributed by atoms with Gasteiger partial charge in [0.2, 0.25) is 0 Å². The van der Waals surface area contributed by atoms with Crippen LogP contribution in [0, 0.1) is 0 Å². The van der Waals surface area contributed by atoms with Crippen LogP contribution in [0.25, 0.3) is 0 Å². The highest BCUT2D eigenvalue weighted by Crippen LogP contribution is 2.45. The summed E-state index contributed by atoms with van der Waals surface area (Å²) in [5.74, 6) is 0.909. The summed E-state index contributed by atoms with van der Waals surface area (Å²) in [6, 6.07) is 16.9. The average Bonchev–Trinajstić information content (AvgIpc) is 3.31. The summed E-state index contributed by atoms with van der Waals surface area (Å²) in [6.07, 6.45) is 6.89. The highest BCUT2D eigenvalue weighted by molar-refractivity contribution is 5.60. The lowest BCUT2D eigenvalue weighted by Gasteiger charge is -2.26. The second-order valence-corrected chi connectivity index (χ2v) is 8.18. The monoisotopic (exact) mass is 386 g/mol. The van der Waals surface area contributed by atoms with E-state index in [2.05, 4.69) is 45.1 Å². The first kappa shape index (κ1) is 18.1. The van der Waals surface area contributed by atoms with Gasteiger partial charge in [0.05, 0.1) is 18.5 Å². The van der Waals surface area contributed by atoms with Crippen LogP contribution in [0.3, 0.4) is 0 Å². The number of aromatic nitrogens is 2. The van der Waals surface area contributed by atoms with E-state index in [1.165, 1.54) is 22.5 Å². The number of rotatable bonds is 5. The first-order valence-electron chi connectivity index (χ1n) is 10.2. The van der Waals surface area contributed by atoms with Crippen molar-refractivity contribution in [3.05, 3.63) is 83.9 Å². The molecule has 0 aliphatic carbocycles. The van der Waals surface area contributed by atoms with E-state index >= 15 is 0 Å². The number of hydrogen-bond acceptors (Lipinski definition) is 5. The molecule has 0 amide bonds. The summed E-state index contributed by atoms with van der Waals surface area (Å²) < 4.78 is 5.28. The first-order chi connectivity index (χ1) is 14.3. The first-order valence-corrected chi connectivity index (χ1v) is 10.2. The molecule has 5 heteroatoms. The molecule has 0 saturated carbocycles. The standard InChI is InChI=1S/C24H26N4O/c1-29-21-8-6-19(7-9-21)15-27-13-10-24(17-27)18-28(16-20-4-2-11-25-14-20)22-5-3-12-26-23(22)24/h2-9,11-12,14H,10,13,15-18H2,1H3/t24-/m0/s1. The third-order valence-electron chi connectivity index (χ3n) is 6.22. The highest BCUT2D eigenvalue weighted by Gasteiger charge is 2.48. The second-order valence-electron chi connectivity index (χ2n) is 8.18. The molecule has 2 aromatic heterocycles. The average molecular weight is 386 g/mol. The Morgan fingerprint density at radius 3 is 2.62 bits per heavy atom. The van der Waals surface area contributed by atoms with E-state index in [-0.39, 0.29) is 5.41 Å². The molecule has 0 unspecified atom stereocenters. The highest BCUT2D eigenvalue weighted by atomic mass is 16.5. The van der Waals surface area contributed by atoms with E-state index in [1.807, 2.05) is 36.8 Å². The van der Waals surface area contributed by atoms with Crippen LogP contribution in [0.1, 0.15) is 23.2 Å². The number of nitrogens with zero attached hydrogens (tertiary/aromatic N) is 4. The summed E-state index contributed by atoms with van der Waals surface area (Å²) in [7, 11) is 1.71. The van der Waals surface area contributed by atoms with Gasteiger partial charge in [-0.25, -0.2) is 0 Å². The quantitative estimate of drug-likeness (QED) is 0.670. The molecule has 5 nitrogen and oxygen atoms in total. The minimum absolute atomic E-state index is 0.116. The molecule has 4 heterocycles. The largest absolute Gasteiger partial charge is 0.497 e. The summed E-state index contributed by atoms with van der Waals surface area (Å²) >= 11 is 0. The Morgan fingerprint density at radius 1 is 0.966 bits per heavy atom. The number of pyridine rings is 2. The zero-order chi connectivity index (χ0) is 19.7. The van der Waals surface area contributed by atoms with Crippen LogP contribution in [0.15, 0.2) is 67.1 Å². The lowest BCUT2D eigenvalue weighted by molar-refractivity contribution is 0.305. The fourth-order valence-corrected chi connectivity index (χ4v) is 4.84. The Balaban J connectivity index is 1.35. The predicted molar refractivity (Wildman–Crippen MR) is 114 cm³/mol. The van der Waals surface area contributed by atoms with E-state index in [4.69, 9.17) is 9.72 Å². The summed E-state index contributed by atoms with van der Waals surface area (Å²) in [6.45, 7) is 5.02. The van der Waals surface area contributed by atoms with E-state index in [0.717, 1.165) is 44.9 Å². The Morgan fingerprint density at radius 2 is 1.83 bits per heavy atom. The van der Waals surface area contributed by atoms with Gasteiger partial charge in [0.15, 0.2) is 0 Å². The molecule has 1 aromatic carbocycles. The van der Waals surface area contributed by atoms with Crippen molar-refractivity contribution in [2.75, 3.05) is 31.6 Å². The lowest BCUT2D eigenvalue weighted by atomic mass is 9.85. The predicted octanol–water partition coefficient (Wildman–Crippen LogP) is 3.65. The topological polar surface area (TPSA) is 41.5 Å². The Labute approximate surface area is 172 Å². The van der Waals surface area contributed by atoms with Crippen molar-refractivity contribution in [2.24, 2.45) is 0 Å². The van der Waals surface area contributed by atoms with Crippen LogP contribution in [0.5, 0.6) is 5.75 Å². The van der Waals surface area contributed by atoms with Gasteiger partial charge < -0.3 is 9.64 Å². The summed E-state index contributed by atoms with van der Waals surface area (Å²) in [4.78, 5) is 14.2. The zero-order valence-corrected chi connectivity index (χ0v) is 16.8. The van der Waals surface area contributed by atoms with Gasteiger partial charge >= 0.3 is 0 Å². The number of methoxy groups -OCH3 is 1. The molecular formula is C24H26N4O. The van der Waals surface area contributed by atoms with E-state index < -0.39 is 0 Å². The van der Waals surface area contributed by atoms with Gasteiger partial charge in [-0.3, -0.25) is 14.9 Å². The van der Waals surface area contributed by atoms with Crippen LogP contribution in [-0.4, -0.2) is 41.6 Å². The minimum atomic E-state index is 0.116. The van der Waals surface area contributed by atoms with Gasteiger partial charge in [0.1, 0.15) is 5.75 Å². The molecule has 1 saturated heterocycles. The smallest absolute Gasteiger partial charge is 0.118 e. The molecule has 0 radical (unpaired) electrons. The van der Waals surface area contributed by atoms with Crippen LogP contribution >= 0.6 is 0 Å². The molecule has 1 fully saturated rings. The van der Waals surface area contributed by atoms with Gasteiger partial charge in [-0.15, -0.1) is 0 Å². The van der Waals surface area contributed by atoms with Crippen LogP contribution < -0.4 is 9.64 Å². The van der Waals surface area contributed by atoms with Crippen molar-refractivity contribution in [1.82, 2.24) is 14.9 Å². The number of hydrogen-bond donors (Lipinski definition) is 0. The second kappa shape index (κ2) is 7.48. The number of ether oxygens (including phenoxy) is 1. The Kier molecular flexibility index (Phi) is 4.68. The fourth-order valence-electron chi connectivity index (χ4n) is 4.84. The van der Waals surface area contributed by atoms with Gasteiger partial charge in [0, 0.05) is 50.2 Å². The van der Waals surface area contributed by atoms with E-state index in [9.17, 15) is 0 Å². The molecule has 1 spiro atoms. The van der Waals surface area contributed by atoms with Gasteiger partial charge in [-0.2, -0.15) is 0 Å². The van der Waals surface area contributed by atoms with Crippen LogP contribution in [0.4, 0.5) is 5.69 Å². The molecule has 2 aliphatic heterocycles. The van der Waals surface area contributed by atoms with Crippen molar-refractivity contribution in [3.63, 3.8) is 0 Å². The van der Waals surface area contributed by atoms with Crippen molar-refractivity contribution in [1.29, 1.82) is 0 Å². The number of anilines is 1. The zero-order valence-electron chi connectivity index (χ0n) is 16.8. The van der Waals surface area contributed by atoms with E-state index in [1.54, 1.807) is 7.11 Å². The molecule has 3 aromatic rings. The van der Waals surface area contributed by atoms with Gasteiger partial charge in [-0.05, 0) is 54.4 Å². The molecule has 0 N–H and O–H groups in total. The molecule has 5 rings (SSSR count). The third-order valence-corrected chi connectivity index (χ3v) is 6.22. The Hall–Kier alpha value is -2.92. The van der Waals surface area contributed by atoms with Gasteiger partial charge in [0.25, 0.3) is 0 Å². The van der Waals surface area contributed by atoms with Crippen molar-refractivity contribution in [3.8, 4) is 5.75 Å². The minimum Gasteiger partial charge on any atom is -0.497 e. The maximum atomic E-state index is 5.28. The molecule has 2 aliphatic rings. The molecular weight excluding hydrogens is 360 g/mol. The van der Waals surface area contributed by atoms with Crippen molar-refractivity contribution >= 4 is 5.69 Å². The lowest BCUT2D eigenvalue weighted by Crippen LogP contribution is -2.36. The van der Waals surface area contributed by atoms with Gasteiger partial charge in [-0.1, -0.05) is 18.2 Å². The number of benzene rings is 1. The third kappa shape index (κ3) is 3.47. The molecule has 0 bridgehead atoms. The molecule has 1 atom stereocenters. The summed E-state index contributed by atoms with van der Waals surface area (Å²) in [5, 5.41) is 0. The van der Waals surface area contributed by atoms with Crippen molar-refractivity contribution in [2.45, 2.75) is 24.9 Å². The molecule has 29 heavy (non-hydrogen) atoms. The van der Waals surface area contributed by atoms with Crippen LogP contribution in [0.2, 0.25) is 0 Å². The Bertz CT molecular complexity index is 976.